The lowest BCUT2D eigenvalue weighted by Gasteiger charge is -2.12. The fourth-order valence-electron chi connectivity index (χ4n) is 3.29. The first-order valence-corrected chi connectivity index (χ1v) is 10.5. The average molecular weight is 420 g/mol. The van der Waals surface area contributed by atoms with E-state index in [0.717, 1.165) is 22.6 Å². The van der Waals surface area contributed by atoms with Crippen molar-refractivity contribution in [2.75, 3.05) is 19.7 Å². The summed E-state index contributed by atoms with van der Waals surface area (Å²) in [4.78, 5) is 24.2. The van der Waals surface area contributed by atoms with Gasteiger partial charge in [0.2, 0.25) is 5.91 Å². The number of carbonyl (C=O) groups is 2. The molecule has 0 atom stereocenters. The van der Waals surface area contributed by atoms with Crippen LogP contribution in [0.2, 0.25) is 0 Å². The molecule has 0 unspecified atom stereocenters. The Morgan fingerprint density at radius 2 is 1.52 bits per heavy atom. The molecule has 0 radical (unpaired) electrons. The number of hydrogen-bond acceptors (Lipinski definition) is 3. The third-order valence-electron chi connectivity index (χ3n) is 4.97. The molecule has 0 spiro atoms. The maximum absolute atomic E-state index is 12.2. The van der Waals surface area contributed by atoms with E-state index in [2.05, 4.69) is 10.6 Å². The largest absolute Gasteiger partial charge is 0.493 e. The van der Waals surface area contributed by atoms with E-state index in [4.69, 9.17) is 4.74 Å². The highest BCUT2D eigenvalue weighted by molar-refractivity contribution is 5.94. The van der Waals surface area contributed by atoms with Crippen molar-refractivity contribution in [2.45, 2.75) is 26.7 Å². The molecule has 0 saturated carbocycles. The van der Waals surface area contributed by atoms with Crippen molar-refractivity contribution in [1.82, 2.24) is 15.2 Å². The molecule has 31 heavy (non-hydrogen) atoms. The molecule has 0 bridgehead atoms. The number of nitrogens with zero attached hydrogens (tertiary/aromatic N) is 1. The maximum Gasteiger partial charge on any atom is 0.251 e. The molecule has 0 aliphatic heterocycles. The number of aryl methyl sites for hydroxylation is 2. The number of rotatable bonds is 10. The van der Waals surface area contributed by atoms with E-state index in [1.54, 1.807) is 12.1 Å². The summed E-state index contributed by atoms with van der Waals surface area (Å²) < 4.78 is 7.79. The Morgan fingerprint density at radius 3 is 2.19 bits per heavy atom. The molecule has 2 N–H and O–H groups in total. The van der Waals surface area contributed by atoms with Crippen LogP contribution in [0.3, 0.4) is 0 Å². The van der Waals surface area contributed by atoms with E-state index in [-0.39, 0.29) is 11.8 Å². The van der Waals surface area contributed by atoms with Crippen LogP contribution in [0, 0.1) is 13.8 Å². The molecule has 3 aromatic rings. The number of para-hydroxylation sites is 1. The lowest BCUT2D eigenvalue weighted by molar-refractivity contribution is -0.121. The summed E-state index contributed by atoms with van der Waals surface area (Å²) in [6, 6.07) is 17.3. The molecular weight excluding hydrogens is 390 g/mol. The zero-order chi connectivity index (χ0) is 22.1. The predicted molar refractivity (Wildman–Crippen MR) is 122 cm³/mol. The van der Waals surface area contributed by atoms with Gasteiger partial charge in [-0.1, -0.05) is 18.2 Å². The van der Waals surface area contributed by atoms with Crippen LogP contribution in [-0.4, -0.2) is 36.1 Å². The topological polar surface area (TPSA) is 72.4 Å². The summed E-state index contributed by atoms with van der Waals surface area (Å²) in [5, 5.41) is 5.65. The van der Waals surface area contributed by atoms with Crippen molar-refractivity contribution in [3.8, 4) is 11.4 Å². The first-order valence-electron chi connectivity index (χ1n) is 10.5. The molecule has 2 aromatic carbocycles. The van der Waals surface area contributed by atoms with Crippen LogP contribution >= 0.6 is 0 Å². The van der Waals surface area contributed by atoms with Gasteiger partial charge in [-0.15, -0.1) is 0 Å². The van der Waals surface area contributed by atoms with E-state index in [1.165, 1.54) is 0 Å². The number of hydrogen-bond donors (Lipinski definition) is 2. The van der Waals surface area contributed by atoms with Crippen LogP contribution in [0.25, 0.3) is 5.69 Å². The summed E-state index contributed by atoms with van der Waals surface area (Å²) in [5.41, 5.74) is 3.78. The SMILES string of the molecule is Cc1cccc(C)c1OCCCC(=O)NCCNC(=O)c1ccc(-n2cccc2)cc1. The van der Waals surface area contributed by atoms with Crippen molar-refractivity contribution in [1.29, 1.82) is 0 Å². The van der Waals surface area contributed by atoms with Crippen molar-refractivity contribution in [3.63, 3.8) is 0 Å². The molecule has 1 aromatic heterocycles. The normalized spacial score (nSPS) is 10.5. The highest BCUT2D eigenvalue weighted by atomic mass is 16.5. The summed E-state index contributed by atoms with van der Waals surface area (Å²) in [7, 11) is 0. The Morgan fingerprint density at radius 1 is 0.871 bits per heavy atom. The van der Waals surface area contributed by atoms with Crippen molar-refractivity contribution in [3.05, 3.63) is 83.7 Å². The number of carbonyl (C=O) groups excluding carboxylic acids is 2. The fourth-order valence-corrected chi connectivity index (χ4v) is 3.29. The molecule has 2 amide bonds. The van der Waals surface area contributed by atoms with Gasteiger partial charge in [-0.25, -0.2) is 0 Å². The number of nitrogens with one attached hydrogen (secondary N) is 2. The highest BCUT2D eigenvalue weighted by Crippen LogP contribution is 2.22. The van der Waals surface area contributed by atoms with Gasteiger partial charge in [-0.2, -0.15) is 0 Å². The summed E-state index contributed by atoms with van der Waals surface area (Å²) >= 11 is 0. The Bertz CT molecular complexity index is 975. The predicted octanol–water partition coefficient (Wildman–Crippen LogP) is 3.80. The number of aromatic nitrogens is 1. The zero-order valence-electron chi connectivity index (χ0n) is 18.1. The van der Waals surface area contributed by atoms with Gasteiger partial charge in [0.1, 0.15) is 5.75 Å². The van der Waals surface area contributed by atoms with E-state index in [9.17, 15) is 9.59 Å². The molecule has 6 heteroatoms. The van der Waals surface area contributed by atoms with Crippen molar-refractivity contribution < 1.29 is 14.3 Å². The third kappa shape index (κ3) is 6.47. The van der Waals surface area contributed by atoms with Gasteiger partial charge in [-0.3, -0.25) is 9.59 Å². The highest BCUT2D eigenvalue weighted by Gasteiger charge is 2.07. The molecule has 1 heterocycles. The molecule has 3 rings (SSSR count). The van der Waals surface area contributed by atoms with Gasteiger partial charge in [0.25, 0.3) is 5.91 Å². The molecule has 0 fully saturated rings. The van der Waals surface area contributed by atoms with Crippen molar-refractivity contribution in [2.24, 2.45) is 0 Å². The zero-order valence-corrected chi connectivity index (χ0v) is 18.1. The monoisotopic (exact) mass is 419 g/mol. The van der Waals surface area contributed by atoms with Crippen LogP contribution in [0.15, 0.2) is 67.0 Å². The van der Waals surface area contributed by atoms with Crippen LogP contribution in [0.5, 0.6) is 5.75 Å². The quantitative estimate of drug-likeness (QED) is 0.491. The van der Waals surface area contributed by atoms with E-state index in [0.29, 0.717) is 38.1 Å². The first kappa shape index (κ1) is 22.2. The molecule has 0 aliphatic rings. The minimum absolute atomic E-state index is 0.0459. The summed E-state index contributed by atoms with van der Waals surface area (Å²) in [6.45, 7) is 5.29. The standard InChI is InChI=1S/C25H29N3O3/c1-19-7-5-8-20(2)24(19)31-18-6-9-23(29)26-14-15-27-25(30)21-10-12-22(13-11-21)28-16-3-4-17-28/h3-5,7-8,10-13,16-17H,6,9,14-15,18H2,1-2H3,(H,26,29)(H,27,30). The van der Waals surface area contributed by atoms with Crippen LogP contribution in [0.1, 0.15) is 34.3 Å². The third-order valence-corrected chi connectivity index (χ3v) is 4.97. The lowest BCUT2D eigenvalue weighted by atomic mass is 10.1. The lowest BCUT2D eigenvalue weighted by Crippen LogP contribution is -2.34. The fraction of sp³-hybridized carbons (Fsp3) is 0.280. The Balaban J connectivity index is 1.30. The maximum atomic E-state index is 12.2. The summed E-state index contributed by atoms with van der Waals surface area (Å²) in [6.07, 6.45) is 4.93. The van der Waals surface area contributed by atoms with Crippen LogP contribution < -0.4 is 15.4 Å². The molecular formula is C25H29N3O3. The van der Waals surface area contributed by atoms with Gasteiger partial charge in [0, 0.05) is 43.2 Å². The van der Waals surface area contributed by atoms with Crippen molar-refractivity contribution >= 4 is 11.8 Å². The first-order chi connectivity index (χ1) is 15.0. The molecule has 162 valence electrons. The van der Waals surface area contributed by atoms with Crippen LogP contribution in [-0.2, 0) is 4.79 Å². The van der Waals surface area contributed by atoms with E-state index >= 15 is 0 Å². The second-order valence-electron chi connectivity index (χ2n) is 7.42. The molecule has 6 nitrogen and oxygen atoms in total. The Kier molecular flexibility index (Phi) is 7.87. The number of benzene rings is 2. The van der Waals surface area contributed by atoms with Gasteiger partial charge < -0.3 is 19.9 Å². The summed E-state index contributed by atoms with van der Waals surface area (Å²) in [5.74, 6) is 0.692. The second-order valence-corrected chi connectivity index (χ2v) is 7.42. The van der Waals surface area contributed by atoms with Gasteiger partial charge in [0.05, 0.1) is 6.61 Å². The van der Waals surface area contributed by atoms with E-state index in [1.807, 2.05) is 73.3 Å². The smallest absolute Gasteiger partial charge is 0.251 e. The molecule has 0 saturated heterocycles. The van der Waals surface area contributed by atoms with E-state index < -0.39 is 0 Å². The van der Waals surface area contributed by atoms with Gasteiger partial charge in [0.15, 0.2) is 0 Å². The average Bonchev–Trinajstić information content (AvgIpc) is 3.31. The molecule has 0 aliphatic carbocycles. The minimum Gasteiger partial charge on any atom is -0.493 e. The Hall–Kier alpha value is -3.54. The number of amides is 2. The minimum atomic E-state index is -0.157. The van der Waals surface area contributed by atoms with Gasteiger partial charge in [-0.05, 0) is 67.8 Å². The Labute approximate surface area is 183 Å². The van der Waals surface area contributed by atoms with Crippen LogP contribution in [0.4, 0.5) is 0 Å². The second kappa shape index (κ2) is 11.0. The van der Waals surface area contributed by atoms with Gasteiger partial charge >= 0.3 is 0 Å². The number of ether oxygens (including phenoxy) is 1.